The Labute approximate surface area is 121 Å². The highest BCUT2D eigenvalue weighted by Gasteiger charge is 2.35. The largest absolute Gasteiger partial charge is 0.497 e. The van der Waals surface area contributed by atoms with Crippen LogP contribution in [0.2, 0.25) is 0 Å². The summed E-state index contributed by atoms with van der Waals surface area (Å²) in [6, 6.07) is 4.76. The van der Waals surface area contributed by atoms with Gasteiger partial charge in [-0.15, -0.1) is 0 Å². The summed E-state index contributed by atoms with van der Waals surface area (Å²) in [6.07, 6.45) is 1.68. The topological polar surface area (TPSA) is 72.6 Å². The molecule has 0 radical (unpaired) electrons. The summed E-state index contributed by atoms with van der Waals surface area (Å²) in [7, 11) is -1.96. The first kappa shape index (κ1) is 14.8. The van der Waals surface area contributed by atoms with Crippen LogP contribution in [0, 0.1) is 0 Å². The van der Waals surface area contributed by atoms with Gasteiger partial charge in [-0.05, 0) is 47.0 Å². The van der Waals surface area contributed by atoms with Crippen LogP contribution in [0.3, 0.4) is 0 Å². The molecule has 5 nitrogen and oxygen atoms in total. The molecular formula is C12H17BrN2O3S. The third-order valence-electron chi connectivity index (χ3n) is 3.32. The number of halogens is 1. The number of hydrogen-bond acceptors (Lipinski definition) is 4. The number of hydrogen-bond donors (Lipinski definition) is 1. The molecule has 2 N–H and O–H groups in total. The van der Waals surface area contributed by atoms with Gasteiger partial charge in [-0.3, -0.25) is 0 Å². The standard InChI is InChI=1S/C12H17BrN2O3S/c1-18-10-4-5-12(11(13)7-10)19(16,17)15-6-2-3-9(15)8-14/h4-5,7,9H,2-3,6,8,14H2,1H3. The van der Waals surface area contributed by atoms with Gasteiger partial charge in [0.15, 0.2) is 0 Å². The Kier molecular flexibility index (Phi) is 4.50. The van der Waals surface area contributed by atoms with Gasteiger partial charge < -0.3 is 10.5 Å². The monoisotopic (exact) mass is 348 g/mol. The third kappa shape index (κ3) is 2.79. The van der Waals surface area contributed by atoms with E-state index in [4.69, 9.17) is 10.5 Å². The summed E-state index contributed by atoms with van der Waals surface area (Å²) < 4.78 is 32.3. The molecule has 1 heterocycles. The Morgan fingerprint density at radius 1 is 1.53 bits per heavy atom. The van der Waals surface area contributed by atoms with Crippen molar-refractivity contribution >= 4 is 26.0 Å². The van der Waals surface area contributed by atoms with Crippen LogP contribution in [-0.4, -0.2) is 39.0 Å². The molecule has 106 valence electrons. The van der Waals surface area contributed by atoms with Crippen molar-refractivity contribution in [2.24, 2.45) is 5.73 Å². The second-order valence-corrected chi connectivity index (χ2v) is 7.16. The highest BCUT2D eigenvalue weighted by Crippen LogP contribution is 2.32. The predicted octanol–water partition coefficient (Wildman–Crippen LogP) is 1.57. The minimum absolute atomic E-state index is 0.0981. The minimum Gasteiger partial charge on any atom is -0.497 e. The van der Waals surface area contributed by atoms with Crippen LogP contribution in [-0.2, 0) is 10.0 Å². The fourth-order valence-electron chi connectivity index (χ4n) is 2.31. The van der Waals surface area contributed by atoms with Crippen LogP contribution < -0.4 is 10.5 Å². The van der Waals surface area contributed by atoms with Gasteiger partial charge in [-0.2, -0.15) is 4.31 Å². The molecule has 2 rings (SSSR count). The zero-order valence-electron chi connectivity index (χ0n) is 10.7. The van der Waals surface area contributed by atoms with Crippen molar-refractivity contribution in [3.05, 3.63) is 22.7 Å². The van der Waals surface area contributed by atoms with Gasteiger partial charge in [0, 0.05) is 23.6 Å². The maximum Gasteiger partial charge on any atom is 0.244 e. The first-order valence-electron chi connectivity index (χ1n) is 6.06. The fraction of sp³-hybridized carbons (Fsp3) is 0.500. The van der Waals surface area contributed by atoms with Gasteiger partial charge in [-0.25, -0.2) is 8.42 Å². The van der Waals surface area contributed by atoms with Crippen LogP contribution in [0.15, 0.2) is 27.6 Å². The van der Waals surface area contributed by atoms with Crippen molar-refractivity contribution in [2.75, 3.05) is 20.2 Å². The summed E-state index contributed by atoms with van der Waals surface area (Å²) >= 11 is 3.30. The SMILES string of the molecule is COc1ccc(S(=O)(=O)N2CCCC2CN)c(Br)c1. The van der Waals surface area contributed by atoms with E-state index in [0.29, 0.717) is 23.3 Å². The van der Waals surface area contributed by atoms with E-state index in [-0.39, 0.29) is 10.9 Å². The molecule has 0 aliphatic carbocycles. The second kappa shape index (κ2) is 5.78. The lowest BCUT2D eigenvalue weighted by Gasteiger charge is -2.23. The fourth-order valence-corrected chi connectivity index (χ4v) is 5.03. The number of sulfonamides is 1. The van der Waals surface area contributed by atoms with Crippen molar-refractivity contribution in [1.29, 1.82) is 0 Å². The van der Waals surface area contributed by atoms with Gasteiger partial charge >= 0.3 is 0 Å². The van der Waals surface area contributed by atoms with Crippen molar-refractivity contribution in [1.82, 2.24) is 4.31 Å². The number of nitrogens with zero attached hydrogens (tertiary/aromatic N) is 1. The van der Waals surface area contributed by atoms with E-state index in [2.05, 4.69) is 15.9 Å². The van der Waals surface area contributed by atoms with Gasteiger partial charge in [0.25, 0.3) is 0 Å². The number of rotatable bonds is 4. The van der Waals surface area contributed by atoms with E-state index in [1.807, 2.05) is 0 Å². The average Bonchev–Trinajstić information content (AvgIpc) is 2.87. The Balaban J connectivity index is 2.39. The summed E-state index contributed by atoms with van der Waals surface area (Å²) in [6.45, 7) is 0.885. The van der Waals surface area contributed by atoms with Crippen LogP contribution in [0.4, 0.5) is 0 Å². The molecule has 0 aromatic heterocycles. The molecule has 1 aliphatic heterocycles. The van der Waals surface area contributed by atoms with Gasteiger partial charge in [0.1, 0.15) is 5.75 Å². The van der Waals surface area contributed by atoms with E-state index >= 15 is 0 Å². The zero-order chi connectivity index (χ0) is 14.0. The maximum absolute atomic E-state index is 12.6. The quantitative estimate of drug-likeness (QED) is 0.896. The molecule has 0 amide bonds. The van der Waals surface area contributed by atoms with E-state index in [0.717, 1.165) is 12.8 Å². The predicted molar refractivity (Wildman–Crippen MR) is 76.7 cm³/mol. The molecule has 1 fully saturated rings. The summed E-state index contributed by atoms with van der Waals surface area (Å²) in [5, 5.41) is 0. The van der Waals surface area contributed by atoms with Gasteiger partial charge in [0.2, 0.25) is 10.0 Å². The highest BCUT2D eigenvalue weighted by molar-refractivity contribution is 9.10. The molecule has 0 saturated carbocycles. The lowest BCUT2D eigenvalue weighted by atomic mass is 10.2. The molecule has 19 heavy (non-hydrogen) atoms. The number of nitrogens with two attached hydrogens (primary N) is 1. The maximum atomic E-state index is 12.6. The van der Waals surface area contributed by atoms with Crippen LogP contribution >= 0.6 is 15.9 Å². The Hall–Kier alpha value is -0.630. The number of ether oxygens (including phenoxy) is 1. The lowest BCUT2D eigenvalue weighted by Crippen LogP contribution is -2.39. The third-order valence-corrected chi connectivity index (χ3v) is 6.25. The second-order valence-electron chi connectivity index (χ2n) is 4.44. The smallest absolute Gasteiger partial charge is 0.244 e. The van der Waals surface area contributed by atoms with Crippen molar-refractivity contribution in [2.45, 2.75) is 23.8 Å². The summed E-state index contributed by atoms with van der Waals surface area (Å²) in [4.78, 5) is 0.258. The lowest BCUT2D eigenvalue weighted by molar-refractivity contribution is 0.392. The first-order chi connectivity index (χ1) is 9.00. The molecule has 1 saturated heterocycles. The minimum atomic E-state index is -3.50. The van der Waals surface area contributed by atoms with E-state index in [1.54, 1.807) is 25.3 Å². The summed E-state index contributed by atoms with van der Waals surface area (Å²) in [5.74, 6) is 0.614. The summed E-state index contributed by atoms with van der Waals surface area (Å²) in [5.41, 5.74) is 5.64. The van der Waals surface area contributed by atoms with E-state index in [1.165, 1.54) is 4.31 Å². The zero-order valence-corrected chi connectivity index (χ0v) is 13.1. The molecule has 1 aromatic rings. The first-order valence-corrected chi connectivity index (χ1v) is 8.29. The Bertz CT molecular complexity index is 562. The van der Waals surface area contributed by atoms with Crippen molar-refractivity contribution in [3.63, 3.8) is 0 Å². The van der Waals surface area contributed by atoms with Crippen LogP contribution in [0.1, 0.15) is 12.8 Å². The average molecular weight is 349 g/mol. The Morgan fingerprint density at radius 3 is 2.84 bits per heavy atom. The van der Waals surface area contributed by atoms with Crippen molar-refractivity contribution < 1.29 is 13.2 Å². The number of benzene rings is 1. The highest BCUT2D eigenvalue weighted by atomic mass is 79.9. The van der Waals surface area contributed by atoms with Crippen LogP contribution in [0.5, 0.6) is 5.75 Å². The normalized spacial score (nSPS) is 20.7. The molecular weight excluding hydrogens is 332 g/mol. The molecule has 1 atom stereocenters. The molecule has 1 aliphatic rings. The van der Waals surface area contributed by atoms with E-state index in [9.17, 15) is 8.42 Å². The van der Waals surface area contributed by atoms with Gasteiger partial charge in [0.05, 0.1) is 12.0 Å². The Morgan fingerprint density at radius 2 is 2.26 bits per heavy atom. The van der Waals surface area contributed by atoms with Crippen LogP contribution in [0.25, 0.3) is 0 Å². The molecule has 7 heteroatoms. The molecule has 0 bridgehead atoms. The van der Waals surface area contributed by atoms with E-state index < -0.39 is 10.0 Å². The van der Waals surface area contributed by atoms with Crippen molar-refractivity contribution in [3.8, 4) is 5.75 Å². The molecule has 0 spiro atoms. The molecule has 1 aromatic carbocycles. The van der Waals surface area contributed by atoms with Gasteiger partial charge in [-0.1, -0.05) is 0 Å². The molecule has 1 unspecified atom stereocenters. The number of methoxy groups -OCH3 is 1.